The second-order valence-corrected chi connectivity index (χ2v) is 10.7. The summed E-state index contributed by atoms with van der Waals surface area (Å²) in [7, 11) is -0.932. The van der Waals surface area contributed by atoms with Crippen LogP contribution in [0, 0.1) is 5.92 Å². The number of carbonyl (C=O) groups excluding carboxylic acids is 1. The van der Waals surface area contributed by atoms with Crippen LogP contribution in [0.5, 0.6) is 0 Å². The van der Waals surface area contributed by atoms with Gasteiger partial charge in [0.25, 0.3) is 0 Å². The van der Waals surface area contributed by atoms with Crippen molar-refractivity contribution in [1.82, 2.24) is 0 Å². The molecular weight excluding hydrogens is 519 g/mol. The maximum Gasteiger partial charge on any atom is 0.475 e. The lowest BCUT2D eigenvalue weighted by Gasteiger charge is -2.26. The third-order valence-electron chi connectivity index (χ3n) is 6.17. The zero-order valence-corrected chi connectivity index (χ0v) is 23.5. The van der Waals surface area contributed by atoms with Crippen LogP contribution in [-0.2, 0) is 57.0 Å². The van der Waals surface area contributed by atoms with Crippen molar-refractivity contribution in [3.05, 3.63) is 108 Å². The number of carbonyl (C=O) groups is 1. The van der Waals surface area contributed by atoms with Crippen molar-refractivity contribution in [2.45, 2.75) is 45.4 Å². The van der Waals surface area contributed by atoms with E-state index in [0.717, 1.165) is 16.7 Å². The predicted molar refractivity (Wildman–Crippen MR) is 148 cm³/mol. The van der Waals surface area contributed by atoms with Gasteiger partial charge < -0.3 is 14.2 Å². The summed E-state index contributed by atoms with van der Waals surface area (Å²) in [6.07, 6.45) is -0.767. The largest absolute Gasteiger partial charge is 0.475 e. The van der Waals surface area contributed by atoms with Gasteiger partial charge in [-0.25, -0.2) is 4.57 Å². The van der Waals surface area contributed by atoms with Crippen molar-refractivity contribution in [3.63, 3.8) is 0 Å². The van der Waals surface area contributed by atoms with Crippen molar-refractivity contribution in [2.24, 2.45) is 5.92 Å². The number of ether oxygens (including phenoxy) is 3. The summed E-state index contributed by atoms with van der Waals surface area (Å²) in [4.78, 5) is 12.7. The van der Waals surface area contributed by atoms with E-state index in [0.29, 0.717) is 6.42 Å². The molecule has 0 fully saturated rings. The van der Waals surface area contributed by atoms with E-state index in [1.165, 1.54) is 14.2 Å². The van der Waals surface area contributed by atoms with Crippen LogP contribution < -0.4 is 0 Å². The molecule has 3 aromatic rings. The minimum absolute atomic E-state index is 0.0511. The van der Waals surface area contributed by atoms with E-state index in [1.807, 2.05) is 91.0 Å². The van der Waals surface area contributed by atoms with E-state index in [4.69, 9.17) is 27.8 Å². The van der Waals surface area contributed by atoms with Gasteiger partial charge in [0.2, 0.25) is 0 Å². The molecule has 0 unspecified atom stereocenters. The Bertz CT molecular complexity index is 1100. The number of hydrogen-bond acceptors (Lipinski definition) is 8. The van der Waals surface area contributed by atoms with Gasteiger partial charge in [0.05, 0.1) is 37.9 Å². The summed E-state index contributed by atoms with van der Waals surface area (Å²) in [5, 5.41) is 0. The summed E-state index contributed by atoms with van der Waals surface area (Å²) in [5.74, 6) is -0.948. The Morgan fingerprint density at radius 1 is 0.692 bits per heavy atom. The monoisotopic (exact) mass is 556 g/mol. The maximum absolute atomic E-state index is 13.6. The first-order chi connectivity index (χ1) is 18.9. The summed E-state index contributed by atoms with van der Waals surface area (Å²) in [5.41, 5.74) is 2.56. The summed E-state index contributed by atoms with van der Waals surface area (Å²) < 4.78 is 47.3. The molecule has 210 valence electrons. The highest BCUT2D eigenvalue weighted by Crippen LogP contribution is 2.51. The summed E-state index contributed by atoms with van der Waals surface area (Å²) in [6.45, 7) is 1.93. The zero-order chi connectivity index (χ0) is 27.9. The number of esters is 1. The minimum Gasteiger partial charge on any atom is -0.461 e. The first-order valence-electron chi connectivity index (χ1n) is 12.8. The van der Waals surface area contributed by atoms with Gasteiger partial charge in [0.15, 0.2) is 0 Å². The lowest BCUT2D eigenvalue weighted by Crippen LogP contribution is -2.34. The fourth-order valence-electron chi connectivity index (χ4n) is 3.75. The molecule has 0 radical (unpaired) electrons. The third kappa shape index (κ3) is 10.7. The highest BCUT2D eigenvalue weighted by molar-refractivity contribution is 7.48. The number of rotatable bonds is 17. The van der Waals surface area contributed by atoms with E-state index in [-0.39, 0.29) is 32.4 Å². The summed E-state index contributed by atoms with van der Waals surface area (Å²) in [6, 6.07) is 28.2. The van der Waals surface area contributed by atoms with E-state index in [2.05, 4.69) is 0 Å². The first kappa shape index (κ1) is 30.7. The second kappa shape index (κ2) is 16.3. The molecular formula is C30H37O8P. The van der Waals surface area contributed by atoms with Crippen LogP contribution in [0.4, 0.5) is 0 Å². The predicted octanol–water partition coefficient (Wildman–Crippen LogP) is 6.34. The Hall–Kier alpha value is -2.84. The number of benzene rings is 3. The van der Waals surface area contributed by atoms with Gasteiger partial charge in [-0.05, 0) is 23.6 Å². The molecule has 0 aromatic heterocycles. The molecule has 0 aliphatic rings. The van der Waals surface area contributed by atoms with Gasteiger partial charge in [0, 0.05) is 20.6 Å². The Morgan fingerprint density at radius 3 is 1.59 bits per heavy atom. The van der Waals surface area contributed by atoms with Crippen molar-refractivity contribution >= 4 is 13.8 Å². The van der Waals surface area contributed by atoms with Crippen LogP contribution >= 0.6 is 7.82 Å². The number of phosphoric ester groups is 1. The quantitative estimate of drug-likeness (QED) is 0.141. The lowest BCUT2D eigenvalue weighted by atomic mass is 9.99. The molecule has 0 saturated carbocycles. The molecule has 8 nitrogen and oxygen atoms in total. The van der Waals surface area contributed by atoms with E-state index in [9.17, 15) is 9.36 Å². The molecule has 0 saturated heterocycles. The average molecular weight is 557 g/mol. The minimum atomic E-state index is -3.97. The fourth-order valence-corrected chi connectivity index (χ4v) is 4.94. The van der Waals surface area contributed by atoms with Crippen LogP contribution in [0.1, 0.15) is 30.0 Å². The Balaban J connectivity index is 1.58. The second-order valence-electron chi connectivity index (χ2n) is 9.01. The molecule has 0 aliphatic heterocycles. The van der Waals surface area contributed by atoms with Gasteiger partial charge in [-0.3, -0.25) is 18.4 Å². The van der Waals surface area contributed by atoms with Crippen molar-refractivity contribution < 1.29 is 37.1 Å². The number of phosphoric acid groups is 1. The highest BCUT2D eigenvalue weighted by Gasteiger charge is 2.32. The Kier molecular flexibility index (Phi) is 12.8. The average Bonchev–Trinajstić information content (AvgIpc) is 2.99. The zero-order valence-electron chi connectivity index (χ0n) is 22.6. The van der Waals surface area contributed by atoms with Crippen LogP contribution in [-0.4, -0.2) is 39.0 Å². The Labute approximate surface area is 230 Å². The standard InChI is InChI=1S/C30H37O8P/c1-24(30(31)35-20-25-13-7-4-8-14-25)29(34-3)19-28(33-2)23-38-39(32,36-21-26-15-9-5-10-16-26)37-22-27-17-11-6-12-18-27/h4-18,24,28-29H,19-23H2,1-3H3/t24-,28+,29+/m1/s1. The smallest absolute Gasteiger partial charge is 0.461 e. The van der Waals surface area contributed by atoms with E-state index < -0.39 is 25.9 Å². The molecule has 0 N–H and O–H groups in total. The van der Waals surface area contributed by atoms with Crippen LogP contribution in [0.2, 0.25) is 0 Å². The third-order valence-corrected chi connectivity index (χ3v) is 7.52. The molecule has 39 heavy (non-hydrogen) atoms. The number of methoxy groups -OCH3 is 2. The lowest BCUT2D eigenvalue weighted by molar-refractivity contribution is -0.155. The van der Waals surface area contributed by atoms with Crippen LogP contribution in [0.25, 0.3) is 0 Å². The summed E-state index contributed by atoms with van der Waals surface area (Å²) >= 11 is 0. The van der Waals surface area contributed by atoms with Gasteiger partial charge >= 0.3 is 13.8 Å². The molecule has 3 aromatic carbocycles. The van der Waals surface area contributed by atoms with Crippen molar-refractivity contribution in [1.29, 1.82) is 0 Å². The Morgan fingerprint density at radius 2 is 1.15 bits per heavy atom. The molecule has 3 rings (SSSR count). The van der Waals surface area contributed by atoms with Gasteiger partial charge in [0.1, 0.15) is 6.61 Å². The van der Waals surface area contributed by atoms with Crippen LogP contribution in [0.15, 0.2) is 91.0 Å². The molecule has 0 bridgehead atoms. The maximum atomic E-state index is 13.6. The normalized spacial score (nSPS) is 13.9. The topological polar surface area (TPSA) is 89.5 Å². The van der Waals surface area contributed by atoms with Crippen molar-refractivity contribution in [2.75, 3.05) is 20.8 Å². The van der Waals surface area contributed by atoms with Crippen LogP contribution in [0.3, 0.4) is 0 Å². The molecule has 0 aliphatic carbocycles. The molecule has 0 amide bonds. The number of hydrogen-bond donors (Lipinski definition) is 0. The molecule has 3 atom stereocenters. The molecule has 0 spiro atoms. The van der Waals surface area contributed by atoms with Gasteiger partial charge in [-0.1, -0.05) is 91.0 Å². The van der Waals surface area contributed by atoms with Gasteiger partial charge in [-0.2, -0.15) is 0 Å². The molecule has 0 heterocycles. The van der Waals surface area contributed by atoms with Crippen molar-refractivity contribution in [3.8, 4) is 0 Å². The first-order valence-corrected chi connectivity index (χ1v) is 14.3. The molecule has 9 heteroatoms. The van der Waals surface area contributed by atoms with Gasteiger partial charge in [-0.15, -0.1) is 0 Å². The highest BCUT2D eigenvalue weighted by atomic mass is 31.2. The van der Waals surface area contributed by atoms with E-state index in [1.54, 1.807) is 6.92 Å². The fraction of sp³-hybridized carbons (Fsp3) is 0.367. The SMILES string of the molecule is CO[C@H](COP(=O)(OCc1ccccc1)OCc1ccccc1)C[C@H](OC)[C@@H](C)C(=O)OCc1ccccc1. The van der Waals surface area contributed by atoms with E-state index >= 15 is 0 Å².